The van der Waals surface area contributed by atoms with E-state index in [9.17, 15) is 30.2 Å². The Morgan fingerprint density at radius 3 is 1.00 bits per heavy atom. The fraction of sp³-hybridized carbons (Fsp3) is 1.00. The summed E-state index contributed by atoms with van der Waals surface area (Å²) < 4.78 is 75.3. The molecule has 0 bridgehead atoms. The molecule has 0 aromatic heterocycles. The minimum atomic E-state index is -5.69. The van der Waals surface area contributed by atoms with Crippen molar-refractivity contribution >= 4 is 13.8 Å². The molecule has 0 amide bonds. The Morgan fingerprint density at radius 2 is 1.00 bits per heavy atom. The van der Waals surface area contributed by atoms with Crippen molar-refractivity contribution in [3.8, 4) is 0 Å². The second-order valence-corrected chi connectivity index (χ2v) is 4.23. The summed E-state index contributed by atoms with van der Waals surface area (Å²) in [5, 5.41) is -11.2. The van der Waals surface area contributed by atoms with E-state index in [0.29, 0.717) is 0 Å². The van der Waals surface area contributed by atoms with Gasteiger partial charge in [0.15, 0.2) is 0 Å². The van der Waals surface area contributed by atoms with E-state index < -0.39 is 24.0 Å². The zero-order chi connectivity index (χ0) is 8.58. The van der Waals surface area contributed by atoms with Crippen LogP contribution in [0.4, 0.5) is 26.3 Å². The molecule has 8 heteroatoms. The van der Waals surface area contributed by atoms with Crippen LogP contribution < -0.4 is 0 Å². The first kappa shape index (κ1) is 9.90. The minimum absolute atomic E-state index is 5.61. The molecule has 0 radical (unpaired) electrons. The van der Waals surface area contributed by atoms with E-state index in [0.717, 1.165) is 0 Å². The molecule has 0 spiro atoms. The van der Waals surface area contributed by atoms with Gasteiger partial charge >= 0.3 is 54.2 Å². The average molecular weight is 233 g/mol. The second kappa shape index (κ2) is 2.50. The molecule has 0 rings (SSSR count). The van der Waals surface area contributed by atoms with Crippen LogP contribution in [-0.2, 0) is 3.83 Å². The average Bonchev–Trinajstić information content (AvgIpc) is 1.59. The molecule has 0 fully saturated rings. The predicted molar refractivity (Wildman–Crippen MR) is 18.6 cm³/mol. The first-order chi connectivity index (χ1) is 4.15. The Balaban J connectivity index is 4.40. The van der Waals surface area contributed by atoms with Crippen LogP contribution in [-0.4, -0.2) is 24.0 Å². The summed E-state index contributed by atoms with van der Waals surface area (Å²) in [6, 6.07) is 0. The fourth-order valence-corrected chi connectivity index (χ4v) is 0.682. The van der Waals surface area contributed by atoms with Crippen molar-refractivity contribution in [2.75, 3.05) is 0 Å². The van der Waals surface area contributed by atoms with Crippen molar-refractivity contribution in [3.05, 3.63) is 0 Å². The summed E-state index contributed by atoms with van der Waals surface area (Å²) in [7, 11) is 0. The van der Waals surface area contributed by atoms with Crippen LogP contribution in [0.5, 0.6) is 0 Å². The molecular formula is C2F6OSe. The summed E-state index contributed by atoms with van der Waals surface area (Å²) >= 11 is -5.69. The van der Waals surface area contributed by atoms with Crippen LogP contribution in [0.3, 0.4) is 0 Å². The van der Waals surface area contributed by atoms with Gasteiger partial charge < -0.3 is 0 Å². The van der Waals surface area contributed by atoms with Crippen molar-refractivity contribution in [2.45, 2.75) is 10.1 Å². The third-order valence-electron chi connectivity index (χ3n) is 0.420. The molecule has 62 valence electrons. The molecule has 0 saturated carbocycles. The molecule has 0 aromatic carbocycles. The van der Waals surface area contributed by atoms with E-state index in [4.69, 9.17) is 0 Å². The summed E-state index contributed by atoms with van der Waals surface area (Å²) in [5.41, 5.74) is 0. The Kier molecular flexibility index (Phi) is 2.48. The van der Waals surface area contributed by atoms with E-state index in [1.807, 2.05) is 0 Å². The Labute approximate surface area is 55.1 Å². The van der Waals surface area contributed by atoms with E-state index in [-0.39, 0.29) is 0 Å². The molecule has 10 heavy (non-hydrogen) atoms. The van der Waals surface area contributed by atoms with Gasteiger partial charge in [0.25, 0.3) is 0 Å². The van der Waals surface area contributed by atoms with Gasteiger partial charge in [0.2, 0.25) is 0 Å². The van der Waals surface area contributed by atoms with E-state index in [2.05, 4.69) is 0 Å². The molecule has 0 heterocycles. The quantitative estimate of drug-likeness (QED) is 0.458. The number of hydrogen-bond acceptors (Lipinski definition) is 1. The molecule has 0 unspecified atom stereocenters. The van der Waals surface area contributed by atoms with Crippen LogP contribution >= 0.6 is 0 Å². The molecular weight excluding hydrogens is 233 g/mol. The van der Waals surface area contributed by atoms with Crippen LogP contribution in [0.25, 0.3) is 0 Å². The van der Waals surface area contributed by atoms with Crippen LogP contribution in [0.15, 0.2) is 0 Å². The van der Waals surface area contributed by atoms with Crippen molar-refractivity contribution in [3.63, 3.8) is 0 Å². The zero-order valence-electron chi connectivity index (χ0n) is 4.08. The number of alkyl halides is 6. The number of rotatable bonds is 0. The summed E-state index contributed by atoms with van der Waals surface area (Å²) in [6.07, 6.45) is 0. The molecule has 0 atom stereocenters. The van der Waals surface area contributed by atoms with Gasteiger partial charge in [-0.15, -0.1) is 0 Å². The predicted octanol–water partition coefficient (Wildman–Crippen LogP) is 1.61. The monoisotopic (exact) mass is 234 g/mol. The molecule has 0 aliphatic heterocycles. The summed E-state index contributed by atoms with van der Waals surface area (Å²) in [4.78, 5) is 0. The molecule has 0 saturated heterocycles. The van der Waals surface area contributed by atoms with Crippen molar-refractivity contribution in [1.29, 1.82) is 0 Å². The first-order valence-electron chi connectivity index (χ1n) is 1.71. The molecule has 1 nitrogen and oxygen atoms in total. The number of hydrogen-bond donors (Lipinski definition) is 0. The van der Waals surface area contributed by atoms with Gasteiger partial charge in [-0.3, -0.25) is 0 Å². The third-order valence-corrected chi connectivity index (χ3v) is 2.18. The van der Waals surface area contributed by atoms with Gasteiger partial charge in [-0.05, 0) is 0 Å². The van der Waals surface area contributed by atoms with Gasteiger partial charge in [-0.25, -0.2) is 0 Å². The van der Waals surface area contributed by atoms with Crippen molar-refractivity contribution in [1.82, 2.24) is 0 Å². The van der Waals surface area contributed by atoms with Crippen LogP contribution in [0.2, 0.25) is 0 Å². The second-order valence-electron chi connectivity index (χ2n) is 1.16. The Hall–Kier alpha value is -0.101. The maximum atomic E-state index is 11.0. The number of halogens is 6. The Bertz CT molecular complexity index is 127. The Morgan fingerprint density at radius 1 is 0.800 bits per heavy atom. The third kappa shape index (κ3) is 2.66. The SMILES string of the molecule is O=[Se](C(F)(F)F)C(F)(F)F. The molecule has 0 aromatic rings. The van der Waals surface area contributed by atoms with E-state index in [1.54, 1.807) is 0 Å². The van der Waals surface area contributed by atoms with E-state index in [1.165, 1.54) is 0 Å². The normalized spacial score (nSPS) is 14.3. The van der Waals surface area contributed by atoms with Crippen molar-refractivity contribution in [2.24, 2.45) is 0 Å². The van der Waals surface area contributed by atoms with Gasteiger partial charge in [0, 0.05) is 0 Å². The molecule has 0 aliphatic carbocycles. The van der Waals surface area contributed by atoms with Crippen LogP contribution in [0, 0.1) is 0 Å². The first-order valence-corrected chi connectivity index (χ1v) is 4.12. The maximum absolute atomic E-state index is 11.0. The fourth-order valence-electron chi connectivity index (χ4n) is 0.131. The van der Waals surface area contributed by atoms with Gasteiger partial charge in [0.1, 0.15) is 0 Å². The molecule has 0 aliphatic rings. The van der Waals surface area contributed by atoms with Crippen LogP contribution in [0.1, 0.15) is 0 Å². The summed E-state index contributed by atoms with van der Waals surface area (Å²) in [5.74, 6) is 0. The van der Waals surface area contributed by atoms with E-state index >= 15 is 0 Å². The summed E-state index contributed by atoms with van der Waals surface area (Å²) in [6.45, 7) is 0. The standard InChI is InChI=1S/C2F6OSe/c3-1(4,5)10(9)2(6,7)8. The van der Waals surface area contributed by atoms with Crippen molar-refractivity contribution < 1.29 is 30.2 Å². The van der Waals surface area contributed by atoms with Gasteiger partial charge in [0.05, 0.1) is 0 Å². The zero-order valence-corrected chi connectivity index (χ0v) is 5.80. The van der Waals surface area contributed by atoms with Gasteiger partial charge in [-0.1, -0.05) is 0 Å². The molecule has 0 N–H and O–H groups in total. The van der Waals surface area contributed by atoms with Gasteiger partial charge in [-0.2, -0.15) is 0 Å². The topological polar surface area (TPSA) is 17.1 Å².